The Kier molecular flexibility index (Phi) is 4.88. The Morgan fingerprint density at radius 1 is 1.16 bits per heavy atom. The van der Waals surface area contributed by atoms with Gasteiger partial charge in [-0.25, -0.2) is 4.79 Å². The van der Waals surface area contributed by atoms with Gasteiger partial charge in [-0.05, 0) is 37.6 Å². The topological polar surface area (TPSA) is 116 Å². The molecule has 0 aliphatic carbocycles. The lowest BCUT2D eigenvalue weighted by molar-refractivity contribution is -0.120. The summed E-state index contributed by atoms with van der Waals surface area (Å²) in [6.07, 6.45) is 0.653. The molecular weight excluding hydrogens is 402 g/mol. The van der Waals surface area contributed by atoms with Crippen LogP contribution >= 0.6 is 0 Å². The smallest absolute Gasteiger partial charge is 0.341 e. The minimum Gasteiger partial charge on any atom is -0.505 e. The third kappa shape index (κ3) is 3.18. The van der Waals surface area contributed by atoms with Crippen LogP contribution in [0.1, 0.15) is 40.5 Å². The van der Waals surface area contributed by atoms with Crippen molar-refractivity contribution in [2.75, 3.05) is 23.9 Å². The van der Waals surface area contributed by atoms with E-state index >= 15 is 0 Å². The highest BCUT2D eigenvalue weighted by molar-refractivity contribution is 6.11. The van der Waals surface area contributed by atoms with Crippen molar-refractivity contribution in [3.8, 4) is 5.75 Å². The summed E-state index contributed by atoms with van der Waals surface area (Å²) >= 11 is 0. The maximum absolute atomic E-state index is 13.2. The van der Waals surface area contributed by atoms with Crippen molar-refractivity contribution in [2.45, 2.75) is 25.4 Å². The fraction of sp³-hybridized carbons (Fsp3) is 0.273. The number of phenols is 1. The van der Waals surface area contributed by atoms with Crippen molar-refractivity contribution < 1.29 is 29.0 Å². The number of rotatable bonds is 4. The number of methoxy groups -OCH3 is 1. The van der Waals surface area contributed by atoms with Crippen molar-refractivity contribution in [3.05, 3.63) is 53.6 Å². The molecule has 9 nitrogen and oxygen atoms in total. The summed E-state index contributed by atoms with van der Waals surface area (Å²) in [7, 11) is 1.18. The Hall–Kier alpha value is -3.88. The third-order valence-electron chi connectivity index (χ3n) is 5.76. The Morgan fingerprint density at radius 3 is 2.65 bits per heavy atom. The molecule has 1 saturated heterocycles. The van der Waals surface area contributed by atoms with Gasteiger partial charge in [0.05, 0.1) is 24.0 Å². The maximum Gasteiger partial charge on any atom is 0.341 e. The summed E-state index contributed by atoms with van der Waals surface area (Å²) in [5.74, 6) is -2.22. The van der Waals surface area contributed by atoms with E-state index in [0.29, 0.717) is 17.7 Å². The van der Waals surface area contributed by atoms with E-state index in [1.807, 2.05) is 0 Å². The monoisotopic (exact) mass is 423 g/mol. The lowest BCUT2D eigenvalue weighted by Gasteiger charge is -2.48. The van der Waals surface area contributed by atoms with Crippen LogP contribution in [0.15, 0.2) is 42.5 Å². The number of fused-ring (bicyclic) bond motifs is 3. The zero-order valence-electron chi connectivity index (χ0n) is 17.0. The van der Waals surface area contributed by atoms with E-state index < -0.39 is 23.3 Å². The molecule has 0 bridgehead atoms. The van der Waals surface area contributed by atoms with Crippen molar-refractivity contribution in [1.82, 2.24) is 4.90 Å². The number of aromatic hydroxyl groups is 1. The number of para-hydroxylation sites is 2. The van der Waals surface area contributed by atoms with Crippen molar-refractivity contribution in [2.24, 2.45) is 0 Å². The summed E-state index contributed by atoms with van der Waals surface area (Å²) in [5, 5.41) is 12.8. The van der Waals surface area contributed by atoms with E-state index in [1.54, 1.807) is 36.1 Å². The summed E-state index contributed by atoms with van der Waals surface area (Å²) in [4.78, 5) is 53.3. The Bertz CT molecular complexity index is 1110. The molecule has 2 aliphatic heterocycles. The zero-order chi connectivity index (χ0) is 22.3. The van der Waals surface area contributed by atoms with Crippen LogP contribution in [0.25, 0.3) is 0 Å². The molecule has 4 rings (SSSR count). The Morgan fingerprint density at radius 2 is 1.90 bits per heavy atom. The van der Waals surface area contributed by atoms with E-state index in [9.17, 15) is 24.3 Å². The highest BCUT2D eigenvalue weighted by atomic mass is 16.5. The van der Waals surface area contributed by atoms with Gasteiger partial charge in [0.15, 0.2) is 5.75 Å². The van der Waals surface area contributed by atoms with Crippen LogP contribution in [0.3, 0.4) is 0 Å². The van der Waals surface area contributed by atoms with Crippen molar-refractivity contribution >= 4 is 35.1 Å². The summed E-state index contributed by atoms with van der Waals surface area (Å²) in [6.45, 7) is 1.42. The predicted octanol–water partition coefficient (Wildman–Crippen LogP) is 2.12. The number of nitrogens with zero attached hydrogens (tertiary/aromatic N) is 2. The first-order valence-electron chi connectivity index (χ1n) is 9.72. The predicted molar refractivity (Wildman–Crippen MR) is 111 cm³/mol. The quantitative estimate of drug-likeness (QED) is 0.575. The molecule has 0 radical (unpaired) electrons. The number of ether oxygens (including phenoxy) is 1. The molecule has 2 aromatic rings. The largest absolute Gasteiger partial charge is 0.505 e. The fourth-order valence-corrected chi connectivity index (χ4v) is 4.19. The molecule has 31 heavy (non-hydrogen) atoms. The van der Waals surface area contributed by atoms with Gasteiger partial charge in [0, 0.05) is 6.42 Å². The molecule has 3 amide bonds. The summed E-state index contributed by atoms with van der Waals surface area (Å²) in [6, 6.07) is 11.1. The van der Waals surface area contributed by atoms with Crippen LogP contribution in [-0.2, 0) is 14.3 Å². The van der Waals surface area contributed by atoms with E-state index in [2.05, 4.69) is 10.1 Å². The van der Waals surface area contributed by atoms with Gasteiger partial charge < -0.3 is 20.1 Å². The normalized spacial score (nSPS) is 19.7. The first-order valence-corrected chi connectivity index (χ1v) is 9.72. The van der Waals surface area contributed by atoms with Gasteiger partial charge >= 0.3 is 5.97 Å². The number of hydrogen-bond acceptors (Lipinski definition) is 6. The lowest BCUT2D eigenvalue weighted by Crippen LogP contribution is -2.63. The van der Waals surface area contributed by atoms with Crippen LogP contribution < -0.4 is 10.2 Å². The highest BCUT2D eigenvalue weighted by Crippen LogP contribution is 2.43. The van der Waals surface area contributed by atoms with E-state index in [0.717, 1.165) is 0 Å². The van der Waals surface area contributed by atoms with Gasteiger partial charge in [-0.2, -0.15) is 0 Å². The molecule has 0 saturated carbocycles. The average molecular weight is 423 g/mol. The summed E-state index contributed by atoms with van der Waals surface area (Å²) < 4.78 is 4.61. The standard InChI is InChI=1S/C22H21N3O6/c1-22-11-10-18(27)25(22)16-9-4-3-6-13(16)20(29)24(22)12-17(26)23-15-8-5-7-14(19(15)28)21(30)31-2/h3-9,28H,10-12H2,1-2H3,(H,23,26). The molecule has 0 aromatic heterocycles. The molecule has 0 spiro atoms. The van der Waals surface area contributed by atoms with Gasteiger partial charge in [0.25, 0.3) is 5.91 Å². The van der Waals surface area contributed by atoms with E-state index in [4.69, 9.17) is 0 Å². The molecule has 2 heterocycles. The van der Waals surface area contributed by atoms with Gasteiger partial charge in [-0.1, -0.05) is 18.2 Å². The van der Waals surface area contributed by atoms with Gasteiger partial charge in [-0.15, -0.1) is 0 Å². The molecule has 9 heteroatoms. The Labute approximate surface area is 178 Å². The van der Waals surface area contributed by atoms with Crippen LogP contribution in [0, 0.1) is 0 Å². The molecule has 1 atom stereocenters. The molecule has 1 unspecified atom stereocenters. The Balaban J connectivity index is 1.62. The molecule has 2 aromatic carbocycles. The van der Waals surface area contributed by atoms with Gasteiger partial charge in [0.2, 0.25) is 11.8 Å². The van der Waals surface area contributed by atoms with Crippen LogP contribution in [-0.4, -0.2) is 53.0 Å². The summed E-state index contributed by atoms with van der Waals surface area (Å²) in [5.41, 5.74) is -0.170. The number of carbonyl (C=O) groups excluding carboxylic acids is 4. The first kappa shape index (κ1) is 20.4. The number of phenolic OH excluding ortho intramolecular Hbond substituents is 1. The third-order valence-corrected chi connectivity index (χ3v) is 5.76. The second-order valence-electron chi connectivity index (χ2n) is 7.60. The number of anilines is 2. The number of carbonyl (C=O) groups is 4. The number of nitrogens with one attached hydrogen (secondary N) is 1. The molecule has 1 fully saturated rings. The first-order chi connectivity index (χ1) is 14.8. The zero-order valence-corrected chi connectivity index (χ0v) is 17.0. The van der Waals surface area contributed by atoms with Crippen LogP contribution in [0.5, 0.6) is 5.75 Å². The molecular formula is C22H21N3O6. The molecule has 2 aliphatic rings. The fourth-order valence-electron chi connectivity index (χ4n) is 4.19. The van der Waals surface area contributed by atoms with Gasteiger partial charge in [0.1, 0.15) is 17.8 Å². The highest BCUT2D eigenvalue weighted by Gasteiger charge is 2.53. The number of amides is 3. The van der Waals surface area contributed by atoms with Crippen LogP contribution in [0.2, 0.25) is 0 Å². The van der Waals surface area contributed by atoms with Crippen molar-refractivity contribution in [1.29, 1.82) is 0 Å². The number of benzene rings is 2. The van der Waals surface area contributed by atoms with Crippen molar-refractivity contribution in [3.63, 3.8) is 0 Å². The van der Waals surface area contributed by atoms with E-state index in [1.165, 1.54) is 30.2 Å². The number of hydrogen-bond donors (Lipinski definition) is 2. The minimum absolute atomic E-state index is 0.0160. The average Bonchev–Trinajstić information content (AvgIpc) is 3.07. The SMILES string of the molecule is COC(=O)c1cccc(NC(=O)CN2C(=O)c3ccccc3N3C(=O)CCC23C)c1O. The van der Waals surface area contributed by atoms with E-state index in [-0.39, 0.29) is 36.0 Å². The second kappa shape index (κ2) is 7.42. The number of esters is 1. The van der Waals surface area contributed by atoms with Gasteiger partial charge in [-0.3, -0.25) is 19.3 Å². The molecule has 2 N–H and O–H groups in total. The molecule has 160 valence electrons. The maximum atomic E-state index is 13.2. The minimum atomic E-state index is -0.976. The van der Waals surface area contributed by atoms with Crippen LogP contribution in [0.4, 0.5) is 11.4 Å². The second-order valence-corrected chi connectivity index (χ2v) is 7.60. The lowest BCUT2D eigenvalue weighted by atomic mass is 9.98.